The average Bonchev–Trinajstić information content (AvgIpc) is 2.50. The second kappa shape index (κ2) is 6.11. The summed E-state index contributed by atoms with van der Waals surface area (Å²) >= 11 is 0. The summed E-state index contributed by atoms with van der Waals surface area (Å²) in [7, 11) is 0. The Hall–Kier alpha value is -1.22. The molecule has 122 valence electrons. The van der Waals surface area contributed by atoms with E-state index in [2.05, 4.69) is 0 Å². The highest BCUT2D eigenvalue weighted by Gasteiger charge is 2.44. The van der Waals surface area contributed by atoms with Gasteiger partial charge in [-0.2, -0.15) is 0 Å². The molecule has 1 aromatic carbocycles. The number of aliphatic hydroxyl groups excluding tert-OH is 4. The van der Waals surface area contributed by atoms with Gasteiger partial charge in [-0.3, -0.25) is 0 Å². The molecule has 22 heavy (non-hydrogen) atoms. The molecule has 1 saturated heterocycles. The van der Waals surface area contributed by atoms with Crippen molar-refractivity contribution in [3.05, 3.63) is 29.8 Å². The topological polar surface area (TPSA) is 109 Å². The third-order valence-electron chi connectivity index (χ3n) is 4.05. The van der Waals surface area contributed by atoms with Crippen molar-refractivity contribution in [2.24, 2.45) is 0 Å². The highest BCUT2D eigenvalue weighted by Crippen LogP contribution is 2.38. The third-order valence-corrected chi connectivity index (χ3v) is 4.05. The first-order valence-electron chi connectivity index (χ1n) is 7.26. The number of hydrogen-bond acceptors (Lipinski definition) is 7. The molecule has 0 radical (unpaired) electrons. The van der Waals surface area contributed by atoms with Crippen LogP contribution in [0.5, 0.6) is 5.75 Å². The van der Waals surface area contributed by atoms with Gasteiger partial charge in [0.1, 0.15) is 24.1 Å². The summed E-state index contributed by atoms with van der Waals surface area (Å²) in [6.07, 6.45) is -7.08. The lowest BCUT2D eigenvalue weighted by molar-refractivity contribution is -0.309. The number of para-hydroxylation sites is 1. The summed E-state index contributed by atoms with van der Waals surface area (Å²) in [6.45, 7) is 1.59. The molecule has 0 amide bonds. The zero-order chi connectivity index (χ0) is 15.9. The Balaban J connectivity index is 1.78. The van der Waals surface area contributed by atoms with Gasteiger partial charge in [0.2, 0.25) is 0 Å². The van der Waals surface area contributed by atoms with Gasteiger partial charge in [0.25, 0.3) is 0 Å². The molecular formula is C15H20O7. The van der Waals surface area contributed by atoms with Crippen molar-refractivity contribution >= 4 is 0 Å². The van der Waals surface area contributed by atoms with E-state index >= 15 is 0 Å². The molecule has 1 fully saturated rings. The quantitative estimate of drug-likeness (QED) is 0.592. The van der Waals surface area contributed by atoms with E-state index < -0.39 is 43.1 Å². The summed E-state index contributed by atoms with van der Waals surface area (Å²) in [4.78, 5) is 0. The molecule has 7 heteroatoms. The molecule has 4 N–H and O–H groups in total. The Morgan fingerprint density at radius 3 is 2.55 bits per heavy atom. The van der Waals surface area contributed by atoms with Crippen LogP contribution >= 0.6 is 0 Å². The number of aliphatic hydroxyl groups is 4. The van der Waals surface area contributed by atoms with Crippen LogP contribution in [0.25, 0.3) is 0 Å². The van der Waals surface area contributed by atoms with Gasteiger partial charge in [0.05, 0.1) is 12.2 Å². The van der Waals surface area contributed by atoms with Crippen LogP contribution < -0.4 is 4.74 Å². The van der Waals surface area contributed by atoms with Gasteiger partial charge in [-0.05, 0) is 13.0 Å². The Morgan fingerprint density at radius 2 is 1.77 bits per heavy atom. The minimum atomic E-state index is -1.38. The molecule has 1 aromatic rings. The van der Waals surface area contributed by atoms with E-state index in [1.54, 1.807) is 25.1 Å². The highest BCUT2D eigenvalue weighted by atomic mass is 16.7. The van der Waals surface area contributed by atoms with Crippen molar-refractivity contribution in [3.63, 3.8) is 0 Å². The van der Waals surface area contributed by atoms with E-state index in [-0.39, 0.29) is 6.42 Å². The fourth-order valence-electron chi connectivity index (χ4n) is 2.78. The number of fused-ring (bicyclic) bond motifs is 1. The van der Waals surface area contributed by atoms with Gasteiger partial charge in [-0.15, -0.1) is 0 Å². The zero-order valence-corrected chi connectivity index (χ0v) is 12.1. The monoisotopic (exact) mass is 312 g/mol. The van der Waals surface area contributed by atoms with Crippen LogP contribution in [0.2, 0.25) is 0 Å². The summed E-state index contributed by atoms with van der Waals surface area (Å²) in [5.41, 5.74) is 0.733. The first kappa shape index (κ1) is 15.7. The number of rotatable bonds is 2. The SMILES string of the molecule is C[C@@H]1O[C@@H](OC2CC(O)Oc3ccccc32)[C@H](O)[C@H](O)[C@H]1O. The van der Waals surface area contributed by atoms with Crippen molar-refractivity contribution in [1.29, 1.82) is 0 Å². The Bertz CT molecular complexity index is 522. The summed E-state index contributed by atoms with van der Waals surface area (Å²) < 4.78 is 16.5. The second-order valence-corrected chi connectivity index (χ2v) is 5.65. The Kier molecular flexibility index (Phi) is 4.35. The van der Waals surface area contributed by atoms with Crippen LogP contribution in [0.3, 0.4) is 0 Å². The van der Waals surface area contributed by atoms with E-state index in [9.17, 15) is 20.4 Å². The molecule has 2 aliphatic heterocycles. The summed E-state index contributed by atoms with van der Waals surface area (Å²) in [6, 6.07) is 7.11. The Labute approximate surface area is 127 Å². The van der Waals surface area contributed by atoms with Crippen LogP contribution in [0, 0.1) is 0 Å². The summed E-state index contributed by atoms with van der Waals surface area (Å²) in [5, 5.41) is 39.3. The molecule has 0 aromatic heterocycles. The van der Waals surface area contributed by atoms with Gasteiger partial charge in [0, 0.05) is 12.0 Å². The molecule has 0 saturated carbocycles. The molecular weight excluding hydrogens is 292 g/mol. The lowest BCUT2D eigenvalue weighted by Crippen LogP contribution is -2.57. The van der Waals surface area contributed by atoms with Crippen molar-refractivity contribution < 1.29 is 34.6 Å². The molecule has 3 rings (SSSR count). The fourth-order valence-corrected chi connectivity index (χ4v) is 2.78. The minimum Gasteiger partial charge on any atom is -0.465 e. The van der Waals surface area contributed by atoms with Gasteiger partial charge < -0.3 is 34.6 Å². The summed E-state index contributed by atoms with van der Waals surface area (Å²) in [5.74, 6) is 0.505. The molecule has 2 unspecified atom stereocenters. The van der Waals surface area contributed by atoms with Crippen molar-refractivity contribution in [3.8, 4) is 5.75 Å². The average molecular weight is 312 g/mol. The van der Waals surface area contributed by atoms with Crippen LogP contribution in [-0.4, -0.2) is 57.4 Å². The van der Waals surface area contributed by atoms with Crippen LogP contribution in [0.4, 0.5) is 0 Å². The second-order valence-electron chi connectivity index (χ2n) is 5.65. The normalized spacial score (nSPS) is 41.6. The number of hydrogen-bond donors (Lipinski definition) is 4. The maximum Gasteiger partial charge on any atom is 0.200 e. The largest absolute Gasteiger partial charge is 0.465 e. The minimum absolute atomic E-state index is 0.177. The number of benzene rings is 1. The Morgan fingerprint density at radius 1 is 1.05 bits per heavy atom. The van der Waals surface area contributed by atoms with E-state index in [1.807, 2.05) is 6.07 Å². The molecule has 2 aliphatic rings. The van der Waals surface area contributed by atoms with Crippen LogP contribution in [0.15, 0.2) is 24.3 Å². The van der Waals surface area contributed by atoms with E-state index in [4.69, 9.17) is 14.2 Å². The lowest BCUT2D eigenvalue weighted by atomic mass is 9.99. The first-order valence-corrected chi connectivity index (χ1v) is 7.26. The molecule has 7 atom stereocenters. The first-order chi connectivity index (χ1) is 10.5. The van der Waals surface area contributed by atoms with E-state index in [0.717, 1.165) is 5.56 Å². The van der Waals surface area contributed by atoms with Gasteiger partial charge in [0.15, 0.2) is 12.6 Å². The zero-order valence-electron chi connectivity index (χ0n) is 12.1. The van der Waals surface area contributed by atoms with Crippen LogP contribution in [0.1, 0.15) is 25.0 Å². The van der Waals surface area contributed by atoms with Gasteiger partial charge >= 0.3 is 0 Å². The van der Waals surface area contributed by atoms with Gasteiger partial charge in [-0.1, -0.05) is 18.2 Å². The predicted octanol–water partition coefficient (Wildman–Crippen LogP) is -0.327. The third kappa shape index (κ3) is 2.83. The smallest absolute Gasteiger partial charge is 0.200 e. The molecule has 0 aliphatic carbocycles. The molecule has 0 bridgehead atoms. The number of ether oxygens (including phenoxy) is 3. The maximum atomic E-state index is 10.0. The molecule has 0 spiro atoms. The van der Waals surface area contributed by atoms with E-state index in [0.29, 0.717) is 5.75 Å². The fraction of sp³-hybridized carbons (Fsp3) is 0.600. The van der Waals surface area contributed by atoms with Crippen molar-refractivity contribution in [2.75, 3.05) is 0 Å². The van der Waals surface area contributed by atoms with Gasteiger partial charge in [-0.25, -0.2) is 0 Å². The predicted molar refractivity (Wildman–Crippen MR) is 73.9 cm³/mol. The maximum absolute atomic E-state index is 10.0. The van der Waals surface area contributed by atoms with E-state index in [1.165, 1.54) is 0 Å². The molecule has 7 nitrogen and oxygen atoms in total. The molecule has 2 heterocycles. The van der Waals surface area contributed by atoms with Crippen molar-refractivity contribution in [1.82, 2.24) is 0 Å². The highest BCUT2D eigenvalue weighted by molar-refractivity contribution is 5.36. The lowest BCUT2D eigenvalue weighted by Gasteiger charge is -2.41. The van der Waals surface area contributed by atoms with Crippen molar-refractivity contribution in [2.45, 2.75) is 56.4 Å². The standard InChI is InChI=1S/C15H20O7/c1-7-12(17)13(18)14(19)15(20-7)22-10-6-11(16)21-9-5-3-2-4-8(9)10/h2-5,7,10-19H,6H2,1H3/t7-,10?,11?,12-,13+,14+,15-/m0/s1. The van der Waals surface area contributed by atoms with Crippen LogP contribution in [-0.2, 0) is 9.47 Å².